The highest BCUT2D eigenvalue weighted by molar-refractivity contribution is 7.98. The quantitative estimate of drug-likeness (QED) is 0.620. The summed E-state index contributed by atoms with van der Waals surface area (Å²) >= 11 is 7.94. The molecular weight excluding hydrogens is 388 g/mol. The van der Waals surface area contributed by atoms with Gasteiger partial charge >= 0.3 is 0 Å². The molecule has 1 aliphatic heterocycles. The summed E-state index contributed by atoms with van der Waals surface area (Å²) in [4.78, 5) is 14.8. The second kappa shape index (κ2) is 10.9. The summed E-state index contributed by atoms with van der Waals surface area (Å²) in [6, 6.07) is 16.7. The Morgan fingerprint density at radius 3 is 2.61 bits per heavy atom. The first kappa shape index (κ1) is 21.2. The van der Waals surface area contributed by atoms with Gasteiger partial charge in [-0.25, -0.2) is 0 Å². The second-order valence-electron chi connectivity index (χ2n) is 7.51. The third kappa shape index (κ3) is 6.84. The van der Waals surface area contributed by atoms with Crippen LogP contribution in [0.4, 0.5) is 0 Å². The minimum Gasteiger partial charge on any atom is -0.355 e. The van der Waals surface area contributed by atoms with Crippen LogP contribution in [-0.4, -0.2) is 36.2 Å². The molecule has 1 saturated heterocycles. The molecule has 0 unspecified atom stereocenters. The summed E-state index contributed by atoms with van der Waals surface area (Å²) in [5.41, 5.74) is 3.87. The van der Waals surface area contributed by atoms with Gasteiger partial charge < -0.3 is 5.32 Å². The van der Waals surface area contributed by atoms with Gasteiger partial charge in [0.25, 0.3) is 0 Å². The Morgan fingerprint density at radius 1 is 1.14 bits per heavy atom. The summed E-state index contributed by atoms with van der Waals surface area (Å²) in [7, 11) is 0. The number of halogens is 1. The van der Waals surface area contributed by atoms with E-state index in [0.717, 1.165) is 55.5 Å². The largest absolute Gasteiger partial charge is 0.355 e. The van der Waals surface area contributed by atoms with Crippen LogP contribution < -0.4 is 5.32 Å². The van der Waals surface area contributed by atoms with Crippen LogP contribution in [-0.2, 0) is 17.1 Å². The molecule has 3 nitrogen and oxygen atoms in total. The van der Waals surface area contributed by atoms with E-state index in [2.05, 4.69) is 47.5 Å². The Hall–Kier alpha value is -1.49. The molecule has 1 N–H and O–H groups in total. The second-order valence-corrected chi connectivity index (χ2v) is 9.05. The molecule has 1 aliphatic rings. The smallest absolute Gasteiger partial charge is 0.223 e. The molecule has 0 saturated carbocycles. The van der Waals surface area contributed by atoms with Gasteiger partial charge in [0.05, 0.1) is 0 Å². The maximum absolute atomic E-state index is 12.4. The number of piperidine rings is 1. The van der Waals surface area contributed by atoms with E-state index < -0.39 is 0 Å². The summed E-state index contributed by atoms with van der Waals surface area (Å²) in [5.74, 6) is 2.32. The standard InChI is InChI=1S/C23H29ClN2OS/c1-18-5-7-19(8-6-18)17-28-14-11-25-23(27)21-9-12-26(13-10-21)16-20-3-2-4-22(24)15-20/h2-8,15,21H,9-14,16-17H2,1H3,(H,25,27). The fourth-order valence-corrected chi connectivity index (χ4v) is 4.54. The fraction of sp³-hybridized carbons (Fsp3) is 0.435. The molecule has 0 spiro atoms. The zero-order valence-electron chi connectivity index (χ0n) is 16.5. The van der Waals surface area contributed by atoms with E-state index in [1.165, 1.54) is 16.7 Å². The zero-order chi connectivity index (χ0) is 19.8. The van der Waals surface area contributed by atoms with Gasteiger partial charge in [0.2, 0.25) is 5.91 Å². The van der Waals surface area contributed by atoms with Crippen LogP contribution in [0.3, 0.4) is 0 Å². The molecule has 0 aromatic heterocycles. The van der Waals surface area contributed by atoms with Gasteiger partial charge in [-0.15, -0.1) is 0 Å². The van der Waals surface area contributed by atoms with Crippen LogP contribution in [0.1, 0.15) is 29.5 Å². The van der Waals surface area contributed by atoms with Crippen LogP contribution in [0.15, 0.2) is 48.5 Å². The van der Waals surface area contributed by atoms with Crippen LogP contribution in [0.5, 0.6) is 0 Å². The topological polar surface area (TPSA) is 32.3 Å². The fourth-order valence-electron chi connectivity index (χ4n) is 3.51. The number of aryl methyl sites for hydroxylation is 1. The monoisotopic (exact) mass is 416 g/mol. The molecule has 2 aromatic carbocycles. The third-order valence-electron chi connectivity index (χ3n) is 5.19. The lowest BCUT2D eigenvalue weighted by Crippen LogP contribution is -2.40. The Morgan fingerprint density at radius 2 is 1.89 bits per heavy atom. The summed E-state index contributed by atoms with van der Waals surface area (Å²) in [6.07, 6.45) is 1.87. The molecule has 28 heavy (non-hydrogen) atoms. The van der Waals surface area contributed by atoms with Crippen molar-refractivity contribution in [3.63, 3.8) is 0 Å². The summed E-state index contributed by atoms with van der Waals surface area (Å²) in [6.45, 7) is 5.69. The van der Waals surface area contributed by atoms with E-state index in [-0.39, 0.29) is 11.8 Å². The predicted octanol–water partition coefficient (Wildman–Crippen LogP) is 4.91. The van der Waals surface area contributed by atoms with Gasteiger partial charge in [0.1, 0.15) is 0 Å². The van der Waals surface area contributed by atoms with E-state index >= 15 is 0 Å². The van der Waals surface area contributed by atoms with Crippen molar-refractivity contribution >= 4 is 29.3 Å². The van der Waals surface area contributed by atoms with Crippen molar-refractivity contribution in [2.24, 2.45) is 5.92 Å². The first-order valence-corrected chi connectivity index (χ1v) is 11.5. The summed E-state index contributed by atoms with van der Waals surface area (Å²) in [5, 5.41) is 3.91. The molecule has 0 radical (unpaired) electrons. The highest BCUT2D eigenvalue weighted by Gasteiger charge is 2.24. The van der Waals surface area contributed by atoms with Crippen molar-refractivity contribution in [3.8, 4) is 0 Å². The van der Waals surface area contributed by atoms with Crippen molar-refractivity contribution in [2.75, 3.05) is 25.4 Å². The number of likely N-dealkylation sites (tertiary alicyclic amines) is 1. The molecule has 0 bridgehead atoms. The minimum absolute atomic E-state index is 0.151. The Labute approximate surface area is 177 Å². The van der Waals surface area contributed by atoms with Crippen LogP contribution in [0.25, 0.3) is 0 Å². The molecule has 0 atom stereocenters. The zero-order valence-corrected chi connectivity index (χ0v) is 18.1. The number of nitrogens with zero attached hydrogens (tertiary/aromatic N) is 1. The molecule has 3 rings (SSSR count). The van der Waals surface area contributed by atoms with Crippen molar-refractivity contribution in [1.82, 2.24) is 10.2 Å². The molecule has 1 fully saturated rings. The Bertz CT molecular complexity index is 757. The number of hydrogen-bond donors (Lipinski definition) is 1. The van der Waals surface area contributed by atoms with Crippen LogP contribution in [0.2, 0.25) is 5.02 Å². The average Bonchev–Trinajstić information content (AvgIpc) is 2.69. The van der Waals surface area contributed by atoms with Gasteiger partial charge in [-0.05, 0) is 56.1 Å². The van der Waals surface area contributed by atoms with E-state index in [1.54, 1.807) is 0 Å². The normalized spacial score (nSPS) is 15.5. The number of hydrogen-bond acceptors (Lipinski definition) is 3. The van der Waals surface area contributed by atoms with Gasteiger partial charge in [0.15, 0.2) is 0 Å². The molecule has 0 aliphatic carbocycles. The van der Waals surface area contributed by atoms with Crippen LogP contribution in [0, 0.1) is 12.8 Å². The SMILES string of the molecule is Cc1ccc(CSCCNC(=O)C2CCN(Cc3cccc(Cl)c3)CC2)cc1. The number of amides is 1. The van der Waals surface area contributed by atoms with E-state index in [1.807, 2.05) is 30.0 Å². The van der Waals surface area contributed by atoms with E-state index in [4.69, 9.17) is 11.6 Å². The number of thioether (sulfide) groups is 1. The maximum atomic E-state index is 12.4. The third-order valence-corrected chi connectivity index (χ3v) is 6.45. The van der Waals surface area contributed by atoms with Gasteiger partial charge in [-0.2, -0.15) is 11.8 Å². The van der Waals surface area contributed by atoms with Crippen molar-refractivity contribution in [3.05, 3.63) is 70.2 Å². The highest BCUT2D eigenvalue weighted by Crippen LogP contribution is 2.20. The number of rotatable bonds is 8. The number of carbonyl (C=O) groups excluding carboxylic acids is 1. The first-order chi connectivity index (χ1) is 13.6. The van der Waals surface area contributed by atoms with Gasteiger partial charge in [0, 0.05) is 35.5 Å². The van der Waals surface area contributed by atoms with Crippen LogP contribution >= 0.6 is 23.4 Å². The van der Waals surface area contributed by atoms with Crippen molar-refractivity contribution in [1.29, 1.82) is 0 Å². The Kier molecular flexibility index (Phi) is 8.26. The van der Waals surface area contributed by atoms with E-state index in [0.29, 0.717) is 0 Å². The molecule has 5 heteroatoms. The minimum atomic E-state index is 0.151. The summed E-state index contributed by atoms with van der Waals surface area (Å²) < 4.78 is 0. The van der Waals surface area contributed by atoms with Gasteiger partial charge in [-0.1, -0.05) is 53.6 Å². The Balaban J connectivity index is 1.30. The lowest BCUT2D eigenvalue weighted by Gasteiger charge is -2.31. The number of nitrogens with one attached hydrogen (secondary N) is 1. The lowest BCUT2D eigenvalue weighted by atomic mass is 9.95. The molecule has 1 heterocycles. The maximum Gasteiger partial charge on any atom is 0.223 e. The number of benzene rings is 2. The average molecular weight is 417 g/mol. The number of carbonyl (C=O) groups is 1. The van der Waals surface area contributed by atoms with Crippen molar-refractivity contribution < 1.29 is 4.79 Å². The van der Waals surface area contributed by atoms with Gasteiger partial charge in [-0.3, -0.25) is 9.69 Å². The first-order valence-electron chi connectivity index (χ1n) is 9.98. The molecule has 2 aromatic rings. The molecular formula is C23H29ClN2OS. The predicted molar refractivity (Wildman–Crippen MR) is 120 cm³/mol. The highest BCUT2D eigenvalue weighted by atomic mass is 35.5. The molecule has 150 valence electrons. The molecule has 1 amide bonds. The van der Waals surface area contributed by atoms with E-state index in [9.17, 15) is 4.79 Å². The lowest BCUT2D eigenvalue weighted by molar-refractivity contribution is -0.126. The van der Waals surface area contributed by atoms with Crippen molar-refractivity contribution in [2.45, 2.75) is 32.1 Å².